The second kappa shape index (κ2) is 11.2. The van der Waals surface area contributed by atoms with Crippen molar-refractivity contribution in [3.63, 3.8) is 0 Å². The molecule has 0 saturated carbocycles. The van der Waals surface area contributed by atoms with Crippen LogP contribution in [0.2, 0.25) is 0 Å². The molecular formula is C28H32N2O4S2. The van der Waals surface area contributed by atoms with Crippen molar-refractivity contribution in [3.05, 3.63) is 73.6 Å². The molecule has 3 aromatic rings. The second-order valence-corrected chi connectivity index (χ2v) is 11.5. The van der Waals surface area contributed by atoms with E-state index in [-0.39, 0.29) is 30.5 Å². The summed E-state index contributed by atoms with van der Waals surface area (Å²) in [6, 6.07) is 11.8. The van der Waals surface area contributed by atoms with E-state index in [0.717, 1.165) is 36.1 Å². The standard InChI is InChI=1S/C28H32N2O4S2/c1-19-7-8-24(20(2)15-19)34-18-23-22-10-14-36-25(22)9-11-30(23)27(31)17-29(16-21-5-3-12-33-21)28(32)26-6-4-13-35-26/h4,6-8,10,13-15,21,23H,3,5,9,11-12,16-18H2,1-2H3. The first-order valence-electron chi connectivity index (χ1n) is 12.5. The van der Waals surface area contributed by atoms with Crippen LogP contribution in [0.3, 0.4) is 0 Å². The third-order valence-corrected chi connectivity index (χ3v) is 8.79. The fourth-order valence-corrected chi connectivity index (χ4v) is 6.69. The summed E-state index contributed by atoms with van der Waals surface area (Å²) in [5.41, 5.74) is 3.43. The number of rotatable bonds is 8. The zero-order valence-corrected chi connectivity index (χ0v) is 22.4. The maximum atomic E-state index is 13.8. The molecule has 4 heterocycles. The van der Waals surface area contributed by atoms with Gasteiger partial charge in [0.1, 0.15) is 18.9 Å². The Hall–Kier alpha value is -2.68. The van der Waals surface area contributed by atoms with Gasteiger partial charge in [-0.1, -0.05) is 23.8 Å². The topological polar surface area (TPSA) is 59.1 Å². The number of amides is 2. The van der Waals surface area contributed by atoms with Gasteiger partial charge in [-0.2, -0.15) is 0 Å². The van der Waals surface area contributed by atoms with Crippen LogP contribution >= 0.6 is 22.7 Å². The SMILES string of the molecule is Cc1ccc(OCC2c3ccsc3CCN2C(=O)CN(CC2CCCO2)C(=O)c2cccs2)c(C)c1. The Morgan fingerprint density at radius 3 is 2.81 bits per heavy atom. The summed E-state index contributed by atoms with van der Waals surface area (Å²) in [6.45, 7) is 6.29. The highest BCUT2D eigenvalue weighted by molar-refractivity contribution is 7.12. The Balaban J connectivity index is 1.34. The minimum Gasteiger partial charge on any atom is -0.491 e. The van der Waals surface area contributed by atoms with Gasteiger partial charge in [0, 0.05) is 24.6 Å². The van der Waals surface area contributed by atoms with Gasteiger partial charge in [0.25, 0.3) is 5.91 Å². The molecule has 0 bridgehead atoms. The molecule has 190 valence electrons. The number of thiophene rings is 2. The molecular weight excluding hydrogens is 492 g/mol. The molecule has 2 unspecified atom stereocenters. The molecule has 8 heteroatoms. The maximum Gasteiger partial charge on any atom is 0.264 e. The molecule has 5 rings (SSSR count). The van der Waals surface area contributed by atoms with Crippen molar-refractivity contribution in [2.45, 2.75) is 45.3 Å². The fourth-order valence-electron chi connectivity index (χ4n) is 5.07. The minimum atomic E-state index is -0.186. The number of fused-ring (bicyclic) bond motifs is 1. The molecule has 1 saturated heterocycles. The summed E-state index contributed by atoms with van der Waals surface area (Å²) in [5.74, 6) is 0.678. The van der Waals surface area contributed by atoms with E-state index in [2.05, 4.69) is 24.4 Å². The van der Waals surface area contributed by atoms with Crippen LogP contribution < -0.4 is 4.74 Å². The highest BCUT2D eigenvalue weighted by atomic mass is 32.1. The van der Waals surface area contributed by atoms with E-state index in [1.54, 1.807) is 16.2 Å². The molecule has 6 nitrogen and oxygen atoms in total. The summed E-state index contributed by atoms with van der Waals surface area (Å²) >= 11 is 3.14. The van der Waals surface area contributed by atoms with Crippen LogP contribution in [0.5, 0.6) is 5.75 Å². The van der Waals surface area contributed by atoms with E-state index in [1.807, 2.05) is 41.5 Å². The number of ether oxygens (including phenoxy) is 2. The van der Waals surface area contributed by atoms with Gasteiger partial charge in [0.15, 0.2) is 0 Å². The largest absolute Gasteiger partial charge is 0.491 e. The first-order chi connectivity index (χ1) is 17.5. The van der Waals surface area contributed by atoms with Crippen LogP contribution in [0.15, 0.2) is 47.2 Å². The molecule has 2 aliphatic rings. The van der Waals surface area contributed by atoms with E-state index in [9.17, 15) is 9.59 Å². The van der Waals surface area contributed by atoms with E-state index in [4.69, 9.17) is 9.47 Å². The number of hydrogen-bond donors (Lipinski definition) is 0. The predicted molar refractivity (Wildman–Crippen MR) is 143 cm³/mol. The summed E-state index contributed by atoms with van der Waals surface area (Å²) in [6.07, 6.45) is 2.71. The highest BCUT2D eigenvalue weighted by Gasteiger charge is 2.34. The third kappa shape index (κ3) is 5.51. The lowest BCUT2D eigenvalue weighted by Gasteiger charge is -2.37. The average molecular weight is 525 g/mol. The molecule has 0 N–H and O–H groups in total. The zero-order valence-electron chi connectivity index (χ0n) is 20.8. The molecule has 2 aliphatic heterocycles. The van der Waals surface area contributed by atoms with Crippen molar-refractivity contribution < 1.29 is 19.1 Å². The lowest BCUT2D eigenvalue weighted by atomic mass is 10.00. The molecule has 0 spiro atoms. The molecule has 1 aromatic carbocycles. The smallest absolute Gasteiger partial charge is 0.264 e. The lowest BCUT2D eigenvalue weighted by Crippen LogP contribution is -2.49. The molecule has 36 heavy (non-hydrogen) atoms. The number of carbonyl (C=O) groups excluding carboxylic acids is 2. The summed E-state index contributed by atoms with van der Waals surface area (Å²) in [4.78, 5) is 32.6. The van der Waals surface area contributed by atoms with Crippen LogP contribution in [-0.4, -0.2) is 60.6 Å². The van der Waals surface area contributed by atoms with Crippen LogP contribution in [0.25, 0.3) is 0 Å². The number of carbonyl (C=O) groups is 2. The van der Waals surface area contributed by atoms with Crippen molar-refractivity contribution in [1.82, 2.24) is 9.80 Å². The average Bonchev–Trinajstić information content (AvgIpc) is 3.65. The number of hydrogen-bond acceptors (Lipinski definition) is 6. The summed E-state index contributed by atoms with van der Waals surface area (Å²) < 4.78 is 12.1. The Labute approximate surface area is 220 Å². The maximum absolute atomic E-state index is 13.8. The van der Waals surface area contributed by atoms with Crippen molar-refractivity contribution in [2.75, 3.05) is 32.8 Å². The lowest BCUT2D eigenvalue weighted by molar-refractivity contribution is -0.135. The Kier molecular flexibility index (Phi) is 7.74. The van der Waals surface area contributed by atoms with Gasteiger partial charge in [-0.3, -0.25) is 9.59 Å². The fraction of sp³-hybridized carbons (Fsp3) is 0.429. The third-order valence-electron chi connectivity index (χ3n) is 6.94. The van der Waals surface area contributed by atoms with Gasteiger partial charge < -0.3 is 19.3 Å². The van der Waals surface area contributed by atoms with Crippen LogP contribution in [-0.2, 0) is 16.0 Å². The predicted octanol–water partition coefficient (Wildman–Crippen LogP) is 5.25. The van der Waals surface area contributed by atoms with Gasteiger partial charge in [-0.05, 0) is 73.2 Å². The highest BCUT2D eigenvalue weighted by Crippen LogP contribution is 2.34. The van der Waals surface area contributed by atoms with E-state index in [1.165, 1.54) is 21.8 Å². The van der Waals surface area contributed by atoms with Gasteiger partial charge in [0.2, 0.25) is 5.91 Å². The Bertz CT molecular complexity index is 1200. The van der Waals surface area contributed by atoms with Gasteiger partial charge in [0.05, 0.1) is 17.0 Å². The van der Waals surface area contributed by atoms with Crippen molar-refractivity contribution in [1.29, 1.82) is 0 Å². The van der Waals surface area contributed by atoms with Gasteiger partial charge in [-0.15, -0.1) is 22.7 Å². The summed E-state index contributed by atoms with van der Waals surface area (Å²) in [7, 11) is 0. The van der Waals surface area contributed by atoms with Crippen molar-refractivity contribution in [3.8, 4) is 5.75 Å². The molecule has 2 amide bonds. The van der Waals surface area contributed by atoms with E-state index in [0.29, 0.717) is 31.2 Å². The van der Waals surface area contributed by atoms with Crippen LogP contribution in [0, 0.1) is 13.8 Å². The molecule has 1 fully saturated rings. The van der Waals surface area contributed by atoms with E-state index >= 15 is 0 Å². The number of nitrogens with zero attached hydrogens (tertiary/aromatic N) is 2. The zero-order chi connectivity index (χ0) is 25.1. The molecule has 0 radical (unpaired) electrons. The van der Waals surface area contributed by atoms with Crippen LogP contribution in [0.4, 0.5) is 0 Å². The van der Waals surface area contributed by atoms with E-state index < -0.39 is 0 Å². The Morgan fingerprint density at radius 1 is 1.17 bits per heavy atom. The van der Waals surface area contributed by atoms with Gasteiger partial charge >= 0.3 is 0 Å². The first kappa shape index (κ1) is 25.0. The number of benzene rings is 1. The van der Waals surface area contributed by atoms with Gasteiger partial charge in [-0.25, -0.2) is 0 Å². The van der Waals surface area contributed by atoms with Crippen molar-refractivity contribution in [2.24, 2.45) is 0 Å². The summed E-state index contributed by atoms with van der Waals surface area (Å²) in [5, 5.41) is 3.98. The Morgan fingerprint density at radius 2 is 2.06 bits per heavy atom. The molecule has 0 aliphatic carbocycles. The molecule has 2 aromatic heterocycles. The quantitative estimate of drug-likeness (QED) is 0.404. The number of aryl methyl sites for hydroxylation is 2. The monoisotopic (exact) mass is 524 g/mol. The van der Waals surface area contributed by atoms with Crippen molar-refractivity contribution >= 4 is 34.5 Å². The molecule has 2 atom stereocenters. The second-order valence-electron chi connectivity index (χ2n) is 9.53. The van der Waals surface area contributed by atoms with Crippen LogP contribution in [0.1, 0.15) is 50.1 Å². The normalized spacial score (nSPS) is 19.2. The first-order valence-corrected chi connectivity index (χ1v) is 14.3. The minimum absolute atomic E-state index is 0.0183.